The first kappa shape index (κ1) is 17.9. The van der Waals surface area contributed by atoms with Gasteiger partial charge in [0.25, 0.3) is 0 Å². The molecule has 0 bridgehead atoms. The van der Waals surface area contributed by atoms with Gasteiger partial charge in [-0.05, 0) is 42.4 Å². The standard InChI is InChI=1S/C22H21N3OS2/c26-19(25-11-9-16(10-12-25)15-5-2-1-3-6-15)13-27-21-20-17-7-4-8-18(17)28-22(20)24-14-23-21/h1-3,5-6,9,14H,4,7-8,10-13H2. The van der Waals surface area contributed by atoms with Crippen LogP contribution in [0.25, 0.3) is 15.8 Å². The maximum atomic E-state index is 12.8. The van der Waals surface area contributed by atoms with Gasteiger partial charge in [-0.1, -0.05) is 48.2 Å². The summed E-state index contributed by atoms with van der Waals surface area (Å²) in [5.74, 6) is 0.623. The Morgan fingerprint density at radius 3 is 2.86 bits per heavy atom. The van der Waals surface area contributed by atoms with Crippen molar-refractivity contribution in [3.8, 4) is 0 Å². The van der Waals surface area contributed by atoms with Gasteiger partial charge in [0, 0.05) is 23.4 Å². The highest BCUT2D eigenvalue weighted by Gasteiger charge is 2.23. The van der Waals surface area contributed by atoms with E-state index in [1.54, 1.807) is 29.4 Å². The predicted octanol–water partition coefficient (Wildman–Crippen LogP) is 4.59. The van der Waals surface area contributed by atoms with E-state index in [1.807, 2.05) is 11.0 Å². The third kappa shape index (κ3) is 3.35. The Balaban J connectivity index is 1.26. The first-order chi connectivity index (χ1) is 13.8. The summed E-state index contributed by atoms with van der Waals surface area (Å²) in [6.45, 7) is 1.48. The number of thioether (sulfide) groups is 1. The van der Waals surface area contributed by atoms with Crippen molar-refractivity contribution >= 4 is 44.8 Å². The van der Waals surface area contributed by atoms with Gasteiger partial charge >= 0.3 is 0 Å². The molecule has 1 aromatic carbocycles. The molecule has 6 heteroatoms. The van der Waals surface area contributed by atoms with Crippen LogP contribution in [0, 0.1) is 0 Å². The zero-order valence-electron chi connectivity index (χ0n) is 15.6. The van der Waals surface area contributed by atoms with E-state index in [9.17, 15) is 4.79 Å². The summed E-state index contributed by atoms with van der Waals surface area (Å²) in [5, 5.41) is 2.16. The lowest BCUT2D eigenvalue weighted by Gasteiger charge is -2.26. The summed E-state index contributed by atoms with van der Waals surface area (Å²) in [5.41, 5.74) is 4.02. The second-order valence-electron chi connectivity index (χ2n) is 7.19. The second-order valence-corrected chi connectivity index (χ2v) is 9.24. The van der Waals surface area contributed by atoms with Crippen LogP contribution in [0.1, 0.15) is 28.8 Å². The first-order valence-electron chi connectivity index (χ1n) is 9.70. The van der Waals surface area contributed by atoms with Crippen LogP contribution in [-0.2, 0) is 17.6 Å². The van der Waals surface area contributed by atoms with Gasteiger partial charge in [-0.3, -0.25) is 4.79 Å². The van der Waals surface area contributed by atoms with Crippen LogP contribution < -0.4 is 0 Å². The van der Waals surface area contributed by atoms with Crippen molar-refractivity contribution in [2.24, 2.45) is 0 Å². The van der Waals surface area contributed by atoms with Gasteiger partial charge in [0.15, 0.2) is 0 Å². The molecular formula is C22H21N3OS2. The number of carbonyl (C=O) groups excluding carboxylic acids is 1. The lowest BCUT2D eigenvalue weighted by atomic mass is 10.00. The van der Waals surface area contributed by atoms with Crippen LogP contribution >= 0.6 is 23.1 Å². The van der Waals surface area contributed by atoms with Crippen LogP contribution in [-0.4, -0.2) is 39.6 Å². The molecule has 0 fully saturated rings. The fourth-order valence-electron chi connectivity index (χ4n) is 4.04. The SMILES string of the molecule is O=C(CSc1ncnc2sc3c(c12)CCC3)N1CC=C(c2ccccc2)CC1. The summed E-state index contributed by atoms with van der Waals surface area (Å²) < 4.78 is 0. The van der Waals surface area contributed by atoms with Crippen molar-refractivity contribution in [3.63, 3.8) is 0 Å². The van der Waals surface area contributed by atoms with Crippen LogP contribution in [0.2, 0.25) is 0 Å². The lowest BCUT2D eigenvalue weighted by Crippen LogP contribution is -2.35. The van der Waals surface area contributed by atoms with E-state index in [2.05, 4.69) is 40.3 Å². The average molecular weight is 408 g/mol. The predicted molar refractivity (Wildman–Crippen MR) is 116 cm³/mol. The third-order valence-corrected chi connectivity index (χ3v) is 7.68. The molecule has 0 atom stereocenters. The Bertz CT molecular complexity index is 1060. The summed E-state index contributed by atoms with van der Waals surface area (Å²) in [4.78, 5) is 26.2. The Kier molecular flexibility index (Phi) is 4.91. The molecule has 142 valence electrons. The van der Waals surface area contributed by atoms with E-state index < -0.39 is 0 Å². The van der Waals surface area contributed by atoms with Gasteiger partial charge in [0.1, 0.15) is 16.2 Å². The summed E-state index contributed by atoms with van der Waals surface area (Å²) >= 11 is 3.36. The molecule has 0 unspecified atom stereocenters. The van der Waals surface area contributed by atoms with Crippen LogP contribution in [0.5, 0.6) is 0 Å². The van der Waals surface area contributed by atoms with E-state index in [0.717, 1.165) is 35.7 Å². The van der Waals surface area contributed by atoms with Gasteiger partial charge in [-0.15, -0.1) is 11.3 Å². The maximum Gasteiger partial charge on any atom is 0.233 e. The molecule has 0 radical (unpaired) electrons. The minimum absolute atomic E-state index is 0.187. The molecule has 0 spiro atoms. The Hall–Kier alpha value is -2.18. The minimum atomic E-state index is 0.187. The Morgan fingerprint density at radius 1 is 1.14 bits per heavy atom. The highest BCUT2D eigenvalue weighted by molar-refractivity contribution is 8.00. The molecule has 28 heavy (non-hydrogen) atoms. The number of aromatic nitrogens is 2. The van der Waals surface area contributed by atoms with Gasteiger partial charge in [0.05, 0.1) is 5.75 Å². The molecule has 0 saturated carbocycles. The number of aryl methyl sites for hydroxylation is 2. The molecule has 4 nitrogen and oxygen atoms in total. The maximum absolute atomic E-state index is 12.8. The third-order valence-electron chi connectivity index (χ3n) is 5.51. The molecule has 0 N–H and O–H groups in total. The summed E-state index contributed by atoms with van der Waals surface area (Å²) in [6.07, 6.45) is 8.23. The minimum Gasteiger partial charge on any atom is -0.338 e. The molecule has 0 saturated heterocycles. The van der Waals surface area contributed by atoms with Crippen molar-refractivity contribution in [2.45, 2.75) is 30.7 Å². The number of carbonyl (C=O) groups is 1. The van der Waals surface area contributed by atoms with Crippen LogP contribution in [0.15, 0.2) is 47.8 Å². The zero-order valence-corrected chi connectivity index (χ0v) is 17.2. The van der Waals surface area contributed by atoms with Crippen molar-refractivity contribution < 1.29 is 4.79 Å². The lowest BCUT2D eigenvalue weighted by molar-refractivity contribution is -0.127. The highest BCUT2D eigenvalue weighted by atomic mass is 32.2. The quantitative estimate of drug-likeness (QED) is 0.469. The van der Waals surface area contributed by atoms with Crippen LogP contribution in [0.4, 0.5) is 0 Å². The van der Waals surface area contributed by atoms with Crippen molar-refractivity contribution in [1.29, 1.82) is 0 Å². The number of benzene rings is 1. The fourth-order valence-corrected chi connectivity index (χ4v) is 6.26. The van der Waals surface area contributed by atoms with Crippen molar-refractivity contribution in [2.75, 3.05) is 18.8 Å². The first-order valence-corrected chi connectivity index (χ1v) is 11.5. The molecule has 3 aromatic rings. The van der Waals surface area contributed by atoms with E-state index in [1.165, 1.54) is 33.4 Å². The molecule has 1 amide bonds. The fraction of sp³-hybridized carbons (Fsp3) is 0.318. The topological polar surface area (TPSA) is 46.1 Å². The molecule has 2 aliphatic rings. The number of rotatable bonds is 4. The van der Waals surface area contributed by atoms with E-state index in [4.69, 9.17) is 0 Å². The molecule has 2 aromatic heterocycles. The number of fused-ring (bicyclic) bond motifs is 3. The van der Waals surface area contributed by atoms with Crippen molar-refractivity contribution in [1.82, 2.24) is 14.9 Å². The van der Waals surface area contributed by atoms with Crippen molar-refractivity contribution in [3.05, 3.63) is 58.7 Å². The summed E-state index contributed by atoms with van der Waals surface area (Å²) in [7, 11) is 0. The smallest absolute Gasteiger partial charge is 0.233 e. The molecule has 1 aliphatic heterocycles. The van der Waals surface area contributed by atoms with Gasteiger partial charge in [-0.25, -0.2) is 9.97 Å². The average Bonchev–Trinajstić information content (AvgIpc) is 3.34. The van der Waals surface area contributed by atoms with E-state index in [0.29, 0.717) is 12.3 Å². The van der Waals surface area contributed by atoms with Gasteiger partial charge in [-0.2, -0.15) is 0 Å². The monoisotopic (exact) mass is 407 g/mol. The van der Waals surface area contributed by atoms with Gasteiger partial charge < -0.3 is 4.90 Å². The Labute approximate surface area is 172 Å². The number of hydrogen-bond donors (Lipinski definition) is 0. The number of nitrogens with zero attached hydrogens (tertiary/aromatic N) is 3. The second kappa shape index (κ2) is 7.68. The molecule has 5 rings (SSSR count). The van der Waals surface area contributed by atoms with E-state index in [-0.39, 0.29) is 5.91 Å². The Morgan fingerprint density at radius 2 is 2.04 bits per heavy atom. The van der Waals surface area contributed by atoms with Gasteiger partial charge in [0.2, 0.25) is 5.91 Å². The normalized spacial score (nSPS) is 16.3. The zero-order chi connectivity index (χ0) is 18.9. The largest absolute Gasteiger partial charge is 0.338 e. The number of hydrogen-bond acceptors (Lipinski definition) is 5. The highest BCUT2D eigenvalue weighted by Crippen LogP contribution is 2.40. The van der Waals surface area contributed by atoms with Crippen LogP contribution in [0.3, 0.4) is 0 Å². The number of amides is 1. The molecular weight excluding hydrogens is 386 g/mol. The summed E-state index contributed by atoms with van der Waals surface area (Å²) in [6, 6.07) is 10.4. The number of thiophene rings is 1. The molecule has 3 heterocycles. The molecule has 1 aliphatic carbocycles. The van der Waals surface area contributed by atoms with E-state index >= 15 is 0 Å².